The van der Waals surface area contributed by atoms with E-state index in [-0.39, 0.29) is 21.4 Å². The lowest BCUT2D eigenvalue weighted by Crippen LogP contribution is -2.18. The summed E-state index contributed by atoms with van der Waals surface area (Å²) >= 11 is 11.8. The van der Waals surface area contributed by atoms with Gasteiger partial charge in [-0.25, -0.2) is 0 Å². The maximum Gasteiger partial charge on any atom is 0.161 e. The van der Waals surface area contributed by atoms with Crippen molar-refractivity contribution in [1.29, 1.82) is 0 Å². The fourth-order valence-electron chi connectivity index (χ4n) is 0.681. The molecule has 0 bridgehead atoms. The first-order chi connectivity index (χ1) is 6.01. The van der Waals surface area contributed by atoms with E-state index in [1.54, 1.807) is 0 Å². The maximum atomic E-state index is 5.91. The SMILES string of the molecule is CC(C)(C)N=C(Cl)C(Cl)=NC(C)(C)C. The maximum absolute atomic E-state index is 5.91. The van der Waals surface area contributed by atoms with Gasteiger partial charge in [0.1, 0.15) is 0 Å². The fraction of sp³-hybridized carbons (Fsp3) is 0.800. The van der Waals surface area contributed by atoms with Gasteiger partial charge in [-0.1, -0.05) is 23.2 Å². The van der Waals surface area contributed by atoms with E-state index in [4.69, 9.17) is 23.2 Å². The number of nitrogens with zero attached hydrogens (tertiary/aromatic N) is 2. The van der Waals surface area contributed by atoms with Crippen molar-refractivity contribution in [1.82, 2.24) is 0 Å². The molecule has 0 aliphatic rings. The number of halogens is 2. The Hall–Kier alpha value is -0.0800. The number of hydrogen-bond acceptors (Lipinski definition) is 2. The first kappa shape index (κ1) is 13.9. The summed E-state index contributed by atoms with van der Waals surface area (Å²) in [6, 6.07) is 0. The first-order valence-corrected chi connectivity index (χ1v) is 5.28. The van der Waals surface area contributed by atoms with Crippen molar-refractivity contribution in [3.8, 4) is 0 Å². The molecular formula is C10H18Cl2N2. The average Bonchev–Trinajstić information content (AvgIpc) is 1.78. The van der Waals surface area contributed by atoms with Gasteiger partial charge in [0.2, 0.25) is 0 Å². The Kier molecular flexibility index (Phi) is 4.60. The molecule has 0 aliphatic heterocycles. The molecule has 14 heavy (non-hydrogen) atoms. The molecule has 0 spiro atoms. The summed E-state index contributed by atoms with van der Waals surface area (Å²) in [6.07, 6.45) is 0. The molecule has 0 fully saturated rings. The van der Waals surface area contributed by atoms with Crippen LogP contribution >= 0.6 is 23.2 Å². The summed E-state index contributed by atoms with van der Waals surface area (Å²) in [7, 11) is 0. The van der Waals surface area contributed by atoms with Gasteiger partial charge in [-0.05, 0) is 41.5 Å². The third-order valence-corrected chi connectivity index (χ3v) is 1.66. The van der Waals surface area contributed by atoms with Crippen LogP contribution in [0.3, 0.4) is 0 Å². The molecule has 0 unspecified atom stereocenters. The van der Waals surface area contributed by atoms with Gasteiger partial charge in [0, 0.05) is 0 Å². The second-order valence-corrected chi connectivity index (χ2v) is 5.86. The van der Waals surface area contributed by atoms with Crippen LogP contribution in [-0.2, 0) is 0 Å². The van der Waals surface area contributed by atoms with E-state index in [1.165, 1.54) is 0 Å². The van der Waals surface area contributed by atoms with Gasteiger partial charge < -0.3 is 0 Å². The lowest BCUT2D eigenvalue weighted by atomic mass is 10.1. The quantitative estimate of drug-likeness (QED) is 0.619. The van der Waals surface area contributed by atoms with Gasteiger partial charge in [-0.3, -0.25) is 9.98 Å². The molecule has 0 aromatic rings. The largest absolute Gasteiger partial charge is 0.265 e. The molecule has 0 aliphatic carbocycles. The molecule has 0 radical (unpaired) electrons. The Morgan fingerprint density at radius 3 is 1.07 bits per heavy atom. The van der Waals surface area contributed by atoms with Crippen molar-refractivity contribution in [3.63, 3.8) is 0 Å². The minimum Gasteiger partial charge on any atom is -0.265 e. The molecule has 0 atom stereocenters. The molecule has 0 N–H and O–H groups in total. The lowest BCUT2D eigenvalue weighted by Gasteiger charge is -2.15. The molecular weight excluding hydrogens is 219 g/mol. The van der Waals surface area contributed by atoms with Crippen LogP contribution in [0.5, 0.6) is 0 Å². The smallest absolute Gasteiger partial charge is 0.161 e. The molecule has 0 saturated heterocycles. The lowest BCUT2D eigenvalue weighted by molar-refractivity contribution is 0.581. The molecule has 0 rings (SSSR count). The molecule has 0 aromatic heterocycles. The van der Waals surface area contributed by atoms with Crippen LogP contribution in [0.2, 0.25) is 0 Å². The van der Waals surface area contributed by atoms with Crippen molar-refractivity contribution in [2.75, 3.05) is 0 Å². The van der Waals surface area contributed by atoms with Crippen LogP contribution in [0.15, 0.2) is 9.98 Å². The summed E-state index contributed by atoms with van der Waals surface area (Å²) in [6.45, 7) is 11.7. The molecule has 82 valence electrons. The molecule has 0 aromatic carbocycles. The van der Waals surface area contributed by atoms with E-state index in [2.05, 4.69) is 9.98 Å². The Morgan fingerprint density at radius 2 is 0.929 bits per heavy atom. The van der Waals surface area contributed by atoms with Crippen molar-refractivity contribution in [2.24, 2.45) is 9.98 Å². The van der Waals surface area contributed by atoms with Crippen molar-refractivity contribution in [3.05, 3.63) is 0 Å². The van der Waals surface area contributed by atoms with E-state index in [0.717, 1.165) is 0 Å². The molecule has 0 saturated carbocycles. The summed E-state index contributed by atoms with van der Waals surface area (Å²) in [4.78, 5) is 8.43. The van der Waals surface area contributed by atoms with Crippen molar-refractivity contribution >= 4 is 33.5 Å². The first-order valence-electron chi connectivity index (χ1n) is 4.52. The summed E-state index contributed by atoms with van der Waals surface area (Å²) in [5.41, 5.74) is -0.463. The van der Waals surface area contributed by atoms with Crippen molar-refractivity contribution < 1.29 is 0 Å². The third kappa shape index (κ3) is 7.34. The second-order valence-electron chi connectivity index (χ2n) is 5.15. The zero-order valence-electron chi connectivity index (χ0n) is 9.65. The normalized spacial score (nSPS) is 16.0. The summed E-state index contributed by atoms with van der Waals surface area (Å²) in [5.74, 6) is 0. The van der Waals surface area contributed by atoms with Crippen molar-refractivity contribution in [2.45, 2.75) is 52.6 Å². The third-order valence-electron chi connectivity index (χ3n) is 1.04. The summed E-state index contributed by atoms with van der Waals surface area (Å²) < 4.78 is 0. The topological polar surface area (TPSA) is 24.7 Å². The van der Waals surface area contributed by atoms with Crippen LogP contribution in [-0.4, -0.2) is 21.4 Å². The van der Waals surface area contributed by atoms with Gasteiger partial charge in [0.05, 0.1) is 11.1 Å². The van der Waals surface area contributed by atoms with Gasteiger partial charge >= 0.3 is 0 Å². The molecule has 4 heteroatoms. The second kappa shape index (κ2) is 4.63. The highest BCUT2D eigenvalue weighted by Gasteiger charge is 2.14. The Morgan fingerprint density at radius 1 is 0.714 bits per heavy atom. The number of aliphatic imine (C=N–C) groups is 2. The standard InChI is InChI=1S/C10H18Cl2N2/c1-9(2,3)13-7(11)8(12)14-10(4,5)6/h1-6H3. The number of hydrogen-bond donors (Lipinski definition) is 0. The van der Waals surface area contributed by atoms with Gasteiger partial charge in [-0.2, -0.15) is 0 Å². The average molecular weight is 237 g/mol. The zero-order valence-corrected chi connectivity index (χ0v) is 11.2. The minimum atomic E-state index is -0.232. The van der Waals surface area contributed by atoms with Crippen LogP contribution in [0, 0.1) is 0 Å². The van der Waals surface area contributed by atoms with Crippen LogP contribution in [0.25, 0.3) is 0 Å². The van der Waals surface area contributed by atoms with Gasteiger partial charge in [0.15, 0.2) is 10.3 Å². The van der Waals surface area contributed by atoms with E-state index >= 15 is 0 Å². The van der Waals surface area contributed by atoms with E-state index in [0.29, 0.717) is 0 Å². The fourth-order valence-corrected chi connectivity index (χ4v) is 1.27. The molecule has 0 amide bonds. The van der Waals surface area contributed by atoms with E-state index in [9.17, 15) is 0 Å². The van der Waals surface area contributed by atoms with Gasteiger partial charge in [0.25, 0.3) is 0 Å². The van der Waals surface area contributed by atoms with Crippen LogP contribution in [0.1, 0.15) is 41.5 Å². The predicted octanol–water partition coefficient (Wildman–Crippen LogP) is 3.86. The molecule has 0 heterocycles. The highest BCUT2D eigenvalue weighted by molar-refractivity contribution is 7.00. The van der Waals surface area contributed by atoms with Crippen LogP contribution in [0.4, 0.5) is 0 Å². The highest BCUT2D eigenvalue weighted by atomic mass is 35.5. The zero-order chi connectivity index (χ0) is 11.6. The van der Waals surface area contributed by atoms with E-state index < -0.39 is 0 Å². The minimum absolute atomic E-state index is 0.232. The van der Waals surface area contributed by atoms with Gasteiger partial charge in [-0.15, -0.1) is 0 Å². The summed E-state index contributed by atoms with van der Waals surface area (Å²) in [5, 5.41) is 0.545. The Balaban J connectivity index is 4.81. The highest BCUT2D eigenvalue weighted by Crippen LogP contribution is 2.13. The Bertz CT molecular complexity index is 226. The monoisotopic (exact) mass is 236 g/mol. The van der Waals surface area contributed by atoms with E-state index in [1.807, 2.05) is 41.5 Å². The Labute approximate surface area is 96.4 Å². The number of rotatable bonds is 1. The molecule has 2 nitrogen and oxygen atoms in total. The predicted molar refractivity (Wildman–Crippen MR) is 66.1 cm³/mol. The van der Waals surface area contributed by atoms with Crippen LogP contribution < -0.4 is 0 Å².